The molecule has 0 aliphatic rings. The highest BCUT2D eigenvalue weighted by Crippen LogP contribution is 2.24. The Morgan fingerprint density at radius 2 is 2.44 bits per heavy atom. The summed E-state index contributed by atoms with van der Waals surface area (Å²) in [6, 6.07) is 3.93. The maximum Gasteiger partial charge on any atom is 0.113 e. The summed E-state index contributed by atoms with van der Waals surface area (Å²) in [6.45, 7) is 0.759. The Hall–Kier alpha value is -0.460. The predicted octanol–water partition coefficient (Wildman–Crippen LogP) is 2.68. The van der Waals surface area contributed by atoms with Gasteiger partial charge in [0.15, 0.2) is 0 Å². The van der Waals surface area contributed by atoms with E-state index >= 15 is 0 Å². The molecule has 3 nitrogen and oxygen atoms in total. The third kappa shape index (κ3) is 3.02. The van der Waals surface area contributed by atoms with Crippen molar-refractivity contribution in [2.75, 3.05) is 6.61 Å². The number of nitrogens with zero attached hydrogens (tertiary/aromatic N) is 1. The van der Waals surface area contributed by atoms with E-state index in [1.54, 1.807) is 17.5 Å². The Labute approximate surface area is 107 Å². The zero-order valence-corrected chi connectivity index (χ0v) is 10.8. The van der Waals surface area contributed by atoms with Crippen molar-refractivity contribution in [3.63, 3.8) is 0 Å². The molecule has 6 heteroatoms. The molecule has 0 radical (unpaired) electrons. The lowest BCUT2D eigenvalue weighted by molar-refractivity contribution is 0.243. The first kappa shape index (κ1) is 12.0. The summed E-state index contributed by atoms with van der Waals surface area (Å²) >= 11 is 8.89. The van der Waals surface area contributed by atoms with Crippen LogP contribution in [0, 0.1) is 0 Å². The summed E-state index contributed by atoms with van der Waals surface area (Å²) < 4.78 is 0.645. The van der Waals surface area contributed by atoms with Crippen molar-refractivity contribution in [3.8, 4) is 0 Å². The molecule has 0 spiro atoms. The van der Waals surface area contributed by atoms with E-state index in [1.165, 1.54) is 16.2 Å². The lowest BCUT2D eigenvalue weighted by atomic mass is 10.3. The van der Waals surface area contributed by atoms with E-state index in [1.807, 2.05) is 11.4 Å². The molecule has 2 rings (SSSR count). The summed E-state index contributed by atoms with van der Waals surface area (Å²) in [4.78, 5) is 5.39. The van der Waals surface area contributed by atoms with Gasteiger partial charge in [-0.2, -0.15) is 0 Å². The normalized spacial score (nSPS) is 12.9. The van der Waals surface area contributed by atoms with Crippen LogP contribution in [0.5, 0.6) is 0 Å². The molecule has 2 aromatic heterocycles. The van der Waals surface area contributed by atoms with Crippen LogP contribution in [0.1, 0.15) is 15.9 Å². The first-order chi connectivity index (χ1) is 7.79. The lowest BCUT2D eigenvalue weighted by Gasteiger charge is -2.12. The summed E-state index contributed by atoms with van der Waals surface area (Å²) in [5.41, 5.74) is 0. The molecular formula is C10H11ClN2OS2. The zero-order valence-electron chi connectivity index (χ0n) is 8.39. The molecule has 0 fully saturated rings. The van der Waals surface area contributed by atoms with Gasteiger partial charge in [-0.05, 0) is 11.4 Å². The van der Waals surface area contributed by atoms with Crippen LogP contribution in [0.25, 0.3) is 0 Å². The predicted molar refractivity (Wildman–Crippen MR) is 68.1 cm³/mol. The minimum absolute atomic E-state index is 0.0230. The van der Waals surface area contributed by atoms with Gasteiger partial charge in [0.05, 0.1) is 18.8 Å². The second kappa shape index (κ2) is 5.75. The van der Waals surface area contributed by atoms with Crippen LogP contribution >= 0.6 is 34.3 Å². The number of aliphatic hydroxyl groups is 1. The number of aromatic nitrogens is 1. The fourth-order valence-corrected chi connectivity index (χ4v) is 2.95. The number of rotatable bonds is 5. The highest BCUT2D eigenvalue weighted by Gasteiger charge is 2.13. The smallest absolute Gasteiger partial charge is 0.113 e. The van der Waals surface area contributed by atoms with E-state index in [0.717, 1.165) is 11.6 Å². The van der Waals surface area contributed by atoms with Gasteiger partial charge in [-0.1, -0.05) is 17.7 Å². The molecule has 0 aliphatic heterocycles. The minimum Gasteiger partial charge on any atom is -0.394 e. The zero-order chi connectivity index (χ0) is 11.4. The van der Waals surface area contributed by atoms with E-state index in [4.69, 9.17) is 11.6 Å². The topological polar surface area (TPSA) is 45.1 Å². The first-order valence-electron chi connectivity index (χ1n) is 4.77. The van der Waals surface area contributed by atoms with Crippen molar-refractivity contribution in [1.82, 2.24) is 10.3 Å². The molecule has 2 aromatic rings. The Balaban J connectivity index is 1.96. The number of halogens is 1. The van der Waals surface area contributed by atoms with Crippen LogP contribution < -0.4 is 5.32 Å². The minimum atomic E-state index is -0.139. The standard InChI is InChI=1S/C10H11ClN2OS2/c11-9-5-13-10(16-9)8(6-14)12-4-7-2-1-3-15-7/h1-3,5,8,12,14H,4,6H2. The van der Waals surface area contributed by atoms with Crippen LogP contribution in [-0.4, -0.2) is 16.7 Å². The molecule has 2 N–H and O–H groups in total. The van der Waals surface area contributed by atoms with E-state index in [2.05, 4.69) is 16.4 Å². The molecule has 16 heavy (non-hydrogen) atoms. The molecule has 0 aromatic carbocycles. The van der Waals surface area contributed by atoms with Crippen LogP contribution in [0.2, 0.25) is 4.34 Å². The number of hydrogen-bond acceptors (Lipinski definition) is 5. The van der Waals surface area contributed by atoms with Gasteiger partial charge in [0, 0.05) is 11.4 Å². The monoisotopic (exact) mass is 274 g/mol. The molecule has 0 amide bonds. The Kier molecular flexibility index (Phi) is 4.31. The summed E-state index contributed by atoms with van der Waals surface area (Å²) in [5.74, 6) is 0. The fraction of sp³-hybridized carbons (Fsp3) is 0.300. The Bertz CT molecular complexity index is 430. The average molecular weight is 275 g/mol. The van der Waals surface area contributed by atoms with Crippen molar-refractivity contribution in [2.45, 2.75) is 12.6 Å². The van der Waals surface area contributed by atoms with Crippen molar-refractivity contribution in [3.05, 3.63) is 37.9 Å². The molecule has 0 saturated heterocycles. The molecule has 1 atom stereocenters. The van der Waals surface area contributed by atoms with Crippen LogP contribution in [-0.2, 0) is 6.54 Å². The van der Waals surface area contributed by atoms with E-state index in [0.29, 0.717) is 4.34 Å². The van der Waals surface area contributed by atoms with Crippen molar-refractivity contribution >= 4 is 34.3 Å². The van der Waals surface area contributed by atoms with Gasteiger partial charge >= 0.3 is 0 Å². The second-order valence-electron chi connectivity index (χ2n) is 3.20. The van der Waals surface area contributed by atoms with Gasteiger partial charge in [0.2, 0.25) is 0 Å². The lowest BCUT2D eigenvalue weighted by Crippen LogP contribution is -2.23. The van der Waals surface area contributed by atoms with Crippen molar-refractivity contribution in [1.29, 1.82) is 0 Å². The molecule has 86 valence electrons. The number of hydrogen-bond donors (Lipinski definition) is 2. The summed E-state index contributed by atoms with van der Waals surface area (Å²) in [5, 5.41) is 15.4. The Morgan fingerprint density at radius 3 is 3.00 bits per heavy atom. The highest BCUT2D eigenvalue weighted by molar-refractivity contribution is 7.15. The number of thiophene rings is 1. The van der Waals surface area contributed by atoms with Crippen molar-refractivity contribution in [2.24, 2.45) is 0 Å². The molecule has 1 unspecified atom stereocenters. The van der Waals surface area contributed by atoms with E-state index in [9.17, 15) is 5.11 Å². The van der Waals surface area contributed by atoms with Gasteiger partial charge in [0.1, 0.15) is 9.34 Å². The quantitative estimate of drug-likeness (QED) is 0.881. The molecular weight excluding hydrogens is 264 g/mol. The number of thiazole rings is 1. The van der Waals surface area contributed by atoms with E-state index in [-0.39, 0.29) is 12.6 Å². The first-order valence-corrected chi connectivity index (χ1v) is 6.85. The molecule has 0 aliphatic carbocycles. The van der Waals surface area contributed by atoms with Crippen LogP contribution in [0.4, 0.5) is 0 Å². The molecule has 0 bridgehead atoms. The summed E-state index contributed by atoms with van der Waals surface area (Å²) in [7, 11) is 0. The number of aliphatic hydroxyl groups excluding tert-OH is 1. The van der Waals surface area contributed by atoms with Crippen molar-refractivity contribution < 1.29 is 5.11 Å². The van der Waals surface area contributed by atoms with Gasteiger partial charge in [-0.3, -0.25) is 0 Å². The highest BCUT2D eigenvalue weighted by atomic mass is 35.5. The molecule has 0 saturated carbocycles. The van der Waals surface area contributed by atoms with Gasteiger partial charge in [0.25, 0.3) is 0 Å². The third-order valence-electron chi connectivity index (χ3n) is 2.08. The SMILES string of the molecule is OCC(NCc1cccs1)c1ncc(Cl)s1. The average Bonchev–Trinajstić information content (AvgIpc) is 2.91. The second-order valence-corrected chi connectivity index (χ2v) is 5.92. The largest absolute Gasteiger partial charge is 0.394 e. The van der Waals surface area contributed by atoms with Gasteiger partial charge < -0.3 is 10.4 Å². The van der Waals surface area contributed by atoms with Gasteiger partial charge in [-0.15, -0.1) is 22.7 Å². The maximum absolute atomic E-state index is 9.28. The third-order valence-corrected chi connectivity index (χ3v) is 4.18. The molecule has 2 heterocycles. The maximum atomic E-state index is 9.28. The Morgan fingerprint density at radius 1 is 1.56 bits per heavy atom. The van der Waals surface area contributed by atoms with Crippen LogP contribution in [0.3, 0.4) is 0 Å². The fourth-order valence-electron chi connectivity index (χ4n) is 1.29. The van der Waals surface area contributed by atoms with Crippen LogP contribution in [0.15, 0.2) is 23.7 Å². The van der Waals surface area contributed by atoms with E-state index < -0.39 is 0 Å². The number of nitrogens with one attached hydrogen (secondary N) is 1. The summed E-state index contributed by atoms with van der Waals surface area (Å²) in [6.07, 6.45) is 1.61. The van der Waals surface area contributed by atoms with Gasteiger partial charge in [-0.25, -0.2) is 4.98 Å².